The van der Waals surface area contributed by atoms with E-state index in [9.17, 15) is 0 Å². The van der Waals surface area contributed by atoms with Crippen LogP contribution in [0, 0.1) is 0 Å². The van der Waals surface area contributed by atoms with Crippen molar-refractivity contribution in [3.8, 4) is 0 Å². The summed E-state index contributed by atoms with van der Waals surface area (Å²) in [5.41, 5.74) is 0. The van der Waals surface area contributed by atoms with Crippen LogP contribution in [0.4, 0.5) is 17.7 Å². The summed E-state index contributed by atoms with van der Waals surface area (Å²) in [5, 5.41) is 4.04. The van der Waals surface area contributed by atoms with Crippen LogP contribution < -0.4 is 15.1 Å². The highest BCUT2D eigenvalue weighted by Gasteiger charge is 2.22. The van der Waals surface area contributed by atoms with Crippen LogP contribution in [-0.2, 0) is 0 Å². The van der Waals surface area contributed by atoms with E-state index >= 15 is 0 Å². The van der Waals surface area contributed by atoms with Gasteiger partial charge >= 0.3 is 0 Å². The average Bonchev–Trinajstić information content (AvgIpc) is 2.56. The number of halogens is 1. The third-order valence-electron chi connectivity index (χ3n) is 3.71. The Hall–Kier alpha value is -2.15. The molecule has 8 heteroatoms. The van der Waals surface area contributed by atoms with Gasteiger partial charge in [0.05, 0.1) is 17.4 Å². The monoisotopic (exact) mass is 333 g/mol. The molecule has 1 unspecified atom stereocenters. The third kappa shape index (κ3) is 3.98. The second kappa shape index (κ2) is 6.95. The zero-order valence-corrected chi connectivity index (χ0v) is 14.0. The Bertz CT molecular complexity index is 647. The highest BCUT2D eigenvalue weighted by molar-refractivity contribution is 6.30. The highest BCUT2D eigenvalue weighted by Crippen LogP contribution is 2.19. The number of nitrogens with one attached hydrogen (secondary N) is 1. The van der Waals surface area contributed by atoms with Gasteiger partial charge in [0.1, 0.15) is 5.82 Å². The summed E-state index contributed by atoms with van der Waals surface area (Å²) in [7, 11) is 3.86. The quantitative estimate of drug-likeness (QED) is 0.918. The van der Waals surface area contributed by atoms with Gasteiger partial charge in [0.2, 0.25) is 11.9 Å². The first kappa shape index (κ1) is 15.7. The average molecular weight is 334 g/mol. The maximum Gasteiger partial charge on any atom is 0.226 e. The molecule has 0 radical (unpaired) electrons. The lowest BCUT2D eigenvalue weighted by Crippen LogP contribution is -2.43. The lowest BCUT2D eigenvalue weighted by atomic mass is 10.1. The van der Waals surface area contributed by atoms with E-state index in [1.54, 1.807) is 18.6 Å². The van der Waals surface area contributed by atoms with Crippen molar-refractivity contribution in [2.24, 2.45) is 0 Å². The molecule has 0 spiro atoms. The minimum Gasteiger partial charge on any atom is -0.365 e. The number of aromatic nitrogens is 4. The first-order valence-corrected chi connectivity index (χ1v) is 7.99. The summed E-state index contributed by atoms with van der Waals surface area (Å²) in [6.07, 6.45) is 7.21. The lowest BCUT2D eigenvalue weighted by Gasteiger charge is -2.33. The van der Waals surface area contributed by atoms with Crippen molar-refractivity contribution in [3.05, 3.63) is 29.7 Å². The zero-order valence-electron chi connectivity index (χ0n) is 13.3. The van der Waals surface area contributed by atoms with E-state index in [0.717, 1.165) is 37.7 Å². The second-order valence-electron chi connectivity index (χ2n) is 5.77. The molecule has 1 N–H and O–H groups in total. The van der Waals surface area contributed by atoms with Gasteiger partial charge in [-0.15, -0.1) is 0 Å². The van der Waals surface area contributed by atoms with Crippen LogP contribution in [0.25, 0.3) is 0 Å². The molecule has 1 saturated heterocycles. The molecule has 0 bridgehead atoms. The minimum absolute atomic E-state index is 0.299. The predicted molar refractivity (Wildman–Crippen MR) is 92.3 cm³/mol. The van der Waals surface area contributed by atoms with Crippen LogP contribution in [0.1, 0.15) is 12.8 Å². The smallest absolute Gasteiger partial charge is 0.226 e. The standard InChI is InChI=1S/C15H20ClN7/c1-22(2)15-17-6-5-13(21-15)20-12-4-3-7-23(10-12)14-18-8-11(16)9-19-14/h5-6,8-9,12H,3-4,7,10H2,1-2H3,(H,17,20,21). The summed E-state index contributed by atoms with van der Waals surface area (Å²) in [5.74, 6) is 2.26. The number of anilines is 3. The van der Waals surface area contributed by atoms with E-state index in [2.05, 4.69) is 30.2 Å². The van der Waals surface area contributed by atoms with Crippen molar-refractivity contribution in [2.75, 3.05) is 42.3 Å². The van der Waals surface area contributed by atoms with Crippen molar-refractivity contribution >= 4 is 29.3 Å². The Morgan fingerprint density at radius 2 is 2.04 bits per heavy atom. The van der Waals surface area contributed by atoms with Crippen molar-refractivity contribution in [2.45, 2.75) is 18.9 Å². The maximum atomic E-state index is 5.85. The van der Waals surface area contributed by atoms with E-state index in [1.165, 1.54) is 0 Å². The molecule has 0 saturated carbocycles. The van der Waals surface area contributed by atoms with Crippen LogP contribution in [0.2, 0.25) is 5.02 Å². The number of hydrogen-bond acceptors (Lipinski definition) is 7. The van der Waals surface area contributed by atoms with E-state index in [0.29, 0.717) is 17.0 Å². The Balaban J connectivity index is 1.67. The summed E-state index contributed by atoms with van der Waals surface area (Å²) in [6, 6.07) is 2.19. The molecule has 2 aromatic heterocycles. The summed E-state index contributed by atoms with van der Waals surface area (Å²) < 4.78 is 0. The Morgan fingerprint density at radius 1 is 1.26 bits per heavy atom. The van der Waals surface area contributed by atoms with Crippen molar-refractivity contribution in [1.82, 2.24) is 19.9 Å². The molecular weight excluding hydrogens is 314 g/mol. The Morgan fingerprint density at radius 3 is 2.78 bits per heavy atom. The number of nitrogens with zero attached hydrogens (tertiary/aromatic N) is 6. The molecule has 3 heterocycles. The van der Waals surface area contributed by atoms with Crippen LogP contribution in [-0.4, -0.2) is 53.2 Å². The molecule has 7 nitrogen and oxygen atoms in total. The molecule has 0 amide bonds. The number of rotatable bonds is 4. The molecule has 0 aromatic carbocycles. The zero-order chi connectivity index (χ0) is 16.2. The van der Waals surface area contributed by atoms with Crippen LogP contribution in [0.15, 0.2) is 24.7 Å². The molecule has 1 fully saturated rings. The fourth-order valence-corrected chi connectivity index (χ4v) is 2.70. The van der Waals surface area contributed by atoms with Gasteiger partial charge in [0, 0.05) is 39.4 Å². The van der Waals surface area contributed by atoms with Gasteiger partial charge in [0.15, 0.2) is 0 Å². The first-order valence-electron chi connectivity index (χ1n) is 7.61. The summed E-state index contributed by atoms with van der Waals surface area (Å²) in [4.78, 5) is 21.4. The maximum absolute atomic E-state index is 5.85. The second-order valence-corrected chi connectivity index (χ2v) is 6.20. The molecule has 23 heavy (non-hydrogen) atoms. The molecule has 1 atom stereocenters. The molecule has 122 valence electrons. The fraction of sp³-hybridized carbons (Fsp3) is 0.467. The van der Waals surface area contributed by atoms with Crippen LogP contribution in [0.5, 0.6) is 0 Å². The highest BCUT2D eigenvalue weighted by atomic mass is 35.5. The molecule has 1 aliphatic rings. The molecule has 1 aliphatic heterocycles. The Labute approximate surface area is 140 Å². The van der Waals surface area contributed by atoms with Crippen molar-refractivity contribution < 1.29 is 0 Å². The van der Waals surface area contributed by atoms with Crippen LogP contribution >= 0.6 is 11.6 Å². The molecule has 2 aromatic rings. The largest absolute Gasteiger partial charge is 0.365 e. The fourth-order valence-electron chi connectivity index (χ4n) is 2.60. The third-order valence-corrected chi connectivity index (χ3v) is 3.90. The topological polar surface area (TPSA) is 70.1 Å². The van der Waals surface area contributed by atoms with E-state index < -0.39 is 0 Å². The van der Waals surface area contributed by atoms with E-state index in [4.69, 9.17) is 11.6 Å². The summed E-state index contributed by atoms with van der Waals surface area (Å²) in [6.45, 7) is 1.79. The van der Waals surface area contributed by atoms with E-state index in [1.807, 2.05) is 25.1 Å². The minimum atomic E-state index is 0.299. The lowest BCUT2D eigenvalue weighted by molar-refractivity contribution is 0.521. The van der Waals surface area contributed by atoms with Crippen molar-refractivity contribution in [3.63, 3.8) is 0 Å². The van der Waals surface area contributed by atoms with Gasteiger partial charge in [-0.25, -0.2) is 15.0 Å². The van der Waals surface area contributed by atoms with E-state index in [-0.39, 0.29) is 0 Å². The summed E-state index contributed by atoms with van der Waals surface area (Å²) >= 11 is 5.85. The van der Waals surface area contributed by atoms with Crippen molar-refractivity contribution in [1.29, 1.82) is 0 Å². The van der Waals surface area contributed by atoms with Gasteiger partial charge in [-0.05, 0) is 18.9 Å². The van der Waals surface area contributed by atoms with Gasteiger partial charge in [-0.3, -0.25) is 0 Å². The SMILES string of the molecule is CN(C)c1nccc(NC2CCCN(c3ncc(Cl)cn3)C2)n1. The van der Waals surface area contributed by atoms with Gasteiger partial charge in [0.25, 0.3) is 0 Å². The number of piperidine rings is 1. The molecule has 3 rings (SSSR count). The first-order chi connectivity index (χ1) is 11.1. The molecule has 0 aliphatic carbocycles. The van der Waals surface area contributed by atoms with Gasteiger partial charge in [-0.2, -0.15) is 4.98 Å². The van der Waals surface area contributed by atoms with Gasteiger partial charge in [-0.1, -0.05) is 11.6 Å². The molecular formula is C15H20ClN7. The number of hydrogen-bond donors (Lipinski definition) is 1. The Kier molecular flexibility index (Phi) is 4.76. The predicted octanol–water partition coefficient (Wildman–Crippen LogP) is 2.07. The van der Waals surface area contributed by atoms with Gasteiger partial charge < -0.3 is 15.1 Å². The van der Waals surface area contributed by atoms with Crippen LogP contribution in [0.3, 0.4) is 0 Å². The normalized spacial score (nSPS) is 17.9.